The van der Waals surface area contributed by atoms with Gasteiger partial charge in [-0.15, -0.1) is 0 Å². The van der Waals surface area contributed by atoms with E-state index < -0.39 is 9.52 Å². The molecule has 9 nitrogen and oxygen atoms in total. The average Bonchev–Trinajstić information content (AvgIpc) is 3.61. The first-order valence-corrected chi connectivity index (χ1v) is 18.4. The molecule has 2 N–H and O–H groups in total. The number of anilines is 3. The van der Waals surface area contributed by atoms with Gasteiger partial charge >= 0.3 is 0 Å². The molecule has 0 bridgehead atoms. The second-order valence-electron chi connectivity index (χ2n) is 13.2. The maximum Gasteiger partial charge on any atom is 0.260 e. The van der Waals surface area contributed by atoms with Crippen LogP contribution in [0.15, 0.2) is 70.5 Å². The second kappa shape index (κ2) is 13.2. The number of pyridine rings is 1. The molecular formula is C36H44N6O3S. The molecule has 3 aliphatic rings. The first-order valence-electron chi connectivity index (χ1n) is 16.6. The molecule has 10 heteroatoms. The molecule has 2 unspecified atom stereocenters. The van der Waals surface area contributed by atoms with Crippen molar-refractivity contribution >= 4 is 43.7 Å². The van der Waals surface area contributed by atoms with E-state index in [2.05, 4.69) is 45.6 Å². The Bertz CT molecular complexity index is 1840. The molecule has 242 valence electrons. The molecule has 1 saturated carbocycles. The van der Waals surface area contributed by atoms with Crippen LogP contribution in [0.25, 0.3) is 22.2 Å². The van der Waals surface area contributed by atoms with Gasteiger partial charge in [-0.25, -0.2) is 4.98 Å². The summed E-state index contributed by atoms with van der Waals surface area (Å²) in [6, 6.07) is 18.2. The summed E-state index contributed by atoms with van der Waals surface area (Å²) in [5.74, 6) is 4.60. The lowest BCUT2D eigenvalue weighted by molar-refractivity contribution is 0.0991. The van der Waals surface area contributed by atoms with Gasteiger partial charge in [-0.05, 0) is 116 Å². The van der Waals surface area contributed by atoms with Gasteiger partial charge in [0.1, 0.15) is 5.65 Å². The van der Waals surface area contributed by atoms with Gasteiger partial charge in [-0.1, -0.05) is 25.0 Å². The minimum atomic E-state index is -2.46. The molecule has 4 heterocycles. The Hall–Kier alpha value is -3.73. The van der Waals surface area contributed by atoms with Crippen LogP contribution in [0.2, 0.25) is 0 Å². The van der Waals surface area contributed by atoms with Crippen LogP contribution >= 0.6 is 0 Å². The van der Waals surface area contributed by atoms with Crippen LogP contribution < -0.4 is 16.2 Å². The molecule has 7 rings (SSSR count). The number of likely N-dealkylation sites (N-methyl/N-ethyl adjacent to an activating group) is 1. The van der Waals surface area contributed by atoms with Gasteiger partial charge in [-0.2, -0.15) is 4.98 Å². The van der Waals surface area contributed by atoms with Gasteiger partial charge in [0.25, 0.3) is 5.56 Å². The summed E-state index contributed by atoms with van der Waals surface area (Å²) in [5.41, 5.74) is 3.97. The highest BCUT2D eigenvalue weighted by Gasteiger charge is 2.26. The zero-order valence-electron chi connectivity index (χ0n) is 26.6. The van der Waals surface area contributed by atoms with Crippen LogP contribution in [0.3, 0.4) is 0 Å². The Morgan fingerprint density at radius 3 is 2.37 bits per heavy atom. The molecule has 4 aromatic rings. The molecule has 2 aliphatic heterocycles. The summed E-state index contributed by atoms with van der Waals surface area (Å²) in [5, 5.41) is 7.83. The number of likely N-dealkylation sites (tertiary alicyclic amines) is 1. The highest BCUT2D eigenvalue weighted by Crippen LogP contribution is 2.33. The summed E-state index contributed by atoms with van der Waals surface area (Å²) in [6.07, 6.45) is 9.77. The Labute approximate surface area is 271 Å². The molecule has 0 radical (unpaired) electrons. The van der Waals surface area contributed by atoms with Gasteiger partial charge in [0, 0.05) is 70.5 Å². The third-order valence-corrected chi connectivity index (χ3v) is 12.5. The van der Waals surface area contributed by atoms with Crippen molar-refractivity contribution < 1.29 is 8.95 Å². The highest BCUT2D eigenvalue weighted by atomic mass is 32.2. The number of ether oxygens (including phenoxy) is 1. The molecule has 2 aromatic heterocycles. The van der Waals surface area contributed by atoms with Gasteiger partial charge in [0.05, 0.1) is 0 Å². The number of aromatic nitrogens is 3. The first kappa shape index (κ1) is 30.9. The van der Waals surface area contributed by atoms with E-state index in [4.69, 9.17) is 9.72 Å². The van der Waals surface area contributed by atoms with Crippen LogP contribution in [0.1, 0.15) is 57.4 Å². The van der Waals surface area contributed by atoms with Crippen LogP contribution in [0.4, 0.5) is 17.3 Å². The van der Waals surface area contributed by atoms with E-state index in [9.17, 15) is 9.00 Å². The van der Waals surface area contributed by atoms with E-state index in [1.54, 1.807) is 6.20 Å². The van der Waals surface area contributed by atoms with Crippen LogP contribution in [0, 0.1) is 0 Å². The fourth-order valence-corrected chi connectivity index (χ4v) is 9.24. The third kappa shape index (κ3) is 6.43. The van der Waals surface area contributed by atoms with Crippen LogP contribution in [0.5, 0.6) is 0 Å². The van der Waals surface area contributed by atoms with Gasteiger partial charge < -0.3 is 20.3 Å². The summed E-state index contributed by atoms with van der Waals surface area (Å²) >= 11 is 0. The number of rotatable bonds is 8. The van der Waals surface area contributed by atoms with Crippen molar-refractivity contribution in [3.05, 3.63) is 71.1 Å². The lowest BCUT2D eigenvalue weighted by Gasteiger charge is -2.30. The number of piperidine rings is 1. The van der Waals surface area contributed by atoms with Crippen molar-refractivity contribution in [2.45, 2.75) is 73.6 Å². The Morgan fingerprint density at radius 2 is 1.65 bits per heavy atom. The monoisotopic (exact) mass is 640 g/mol. The highest BCUT2D eigenvalue weighted by molar-refractivity contribution is 8.00. The number of hydrogen-bond acceptors (Lipinski definition) is 8. The van der Waals surface area contributed by atoms with Gasteiger partial charge in [-0.3, -0.25) is 13.6 Å². The zero-order chi connectivity index (χ0) is 31.7. The van der Waals surface area contributed by atoms with E-state index in [1.807, 2.05) is 47.0 Å². The molecule has 0 spiro atoms. The van der Waals surface area contributed by atoms with Crippen LogP contribution in [-0.2, 0) is 14.3 Å². The fraction of sp³-hybridized carbons (Fsp3) is 0.444. The van der Waals surface area contributed by atoms with Crippen molar-refractivity contribution in [1.82, 2.24) is 19.4 Å². The molecule has 0 amide bonds. The number of nitrogens with one attached hydrogen (secondary N) is 2. The topological polar surface area (TPSA) is 101 Å². The molecular weight excluding hydrogens is 597 g/mol. The predicted octanol–water partition coefficient (Wildman–Crippen LogP) is 6.08. The summed E-state index contributed by atoms with van der Waals surface area (Å²) in [4.78, 5) is 26.8. The Morgan fingerprint density at radius 1 is 0.935 bits per heavy atom. The summed E-state index contributed by atoms with van der Waals surface area (Å²) < 4.78 is 21.0. The van der Waals surface area contributed by atoms with Crippen molar-refractivity contribution in [1.29, 1.82) is 0 Å². The molecule has 46 heavy (non-hydrogen) atoms. The van der Waals surface area contributed by atoms with Gasteiger partial charge in [0.15, 0.2) is 0 Å². The lowest BCUT2D eigenvalue weighted by Crippen LogP contribution is -2.39. The predicted molar refractivity (Wildman–Crippen MR) is 188 cm³/mol. The third-order valence-electron chi connectivity index (χ3n) is 9.87. The zero-order valence-corrected chi connectivity index (χ0v) is 27.4. The fourth-order valence-electron chi connectivity index (χ4n) is 7.30. The van der Waals surface area contributed by atoms with Crippen molar-refractivity contribution in [3.8, 4) is 11.1 Å². The number of hydrogen-bond donors (Lipinski definition) is 2. The van der Waals surface area contributed by atoms with Crippen molar-refractivity contribution in [3.63, 3.8) is 0 Å². The molecule has 2 aromatic carbocycles. The van der Waals surface area contributed by atoms with E-state index >= 15 is 0 Å². The Kier molecular flexibility index (Phi) is 8.85. The SMILES string of the molecule is C=S(=O)(c1ccc(-c2cc3cnc(Nc4ccc(NC5CCCN(C)C5)cc4)nc3n(C3CCCC3)c2=O)cc1)C1CCOCC1. The molecule has 3 fully saturated rings. The molecule has 2 saturated heterocycles. The Balaban J connectivity index is 1.16. The standard InChI is InChI=1S/C36H44N6O3S/c1-41-19-5-6-29(24-41)38-27-11-13-28(14-12-27)39-36-37-23-26-22-33(35(43)42(34(26)40-36)30-7-3-4-8-30)25-9-15-31(16-10-25)46(2,44)32-17-20-45-21-18-32/h9-16,22-23,29-30,32,38H,2-8,17-21,24H2,1H3,(H,37,39,40). The maximum absolute atomic E-state index is 14.2. The van der Waals surface area contributed by atoms with Crippen LogP contribution in [-0.4, -0.2) is 74.2 Å². The average molecular weight is 641 g/mol. The summed E-state index contributed by atoms with van der Waals surface area (Å²) in [6.45, 7) is 3.45. The van der Waals surface area contributed by atoms with E-state index in [0.29, 0.717) is 36.4 Å². The van der Waals surface area contributed by atoms with E-state index in [1.165, 1.54) is 12.8 Å². The lowest BCUT2D eigenvalue weighted by atomic mass is 10.1. The molecule has 2 atom stereocenters. The quantitative estimate of drug-likeness (QED) is 0.224. The van der Waals surface area contributed by atoms with E-state index in [-0.39, 0.29) is 16.9 Å². The smallest absolute Gasteiger partial charge is 0.260 e. The second-order valence-corrected chi connectivity index (χ2v) is 15.7. The van der Waals surface area contributed by atoms with E-state index in [0.717, 1.165) is 78.8 Å². The number of benzene rings is 2. The largest absolute Gasteiger partial charge is 0.381 e. The first-order chi connectivity index (χ1) is 22.3. The van der Waals surface area contributed by atoms with Gasteiger partial charge in [0.2, 0.25) is 5.95 Å². The maximum atomic E-state index is 14.2. The minimum Gasteiger partial charge on any atom is -0.381 e. The van der Waals surface area contributed by atoms with Crippen molar-refractivity contribution in [2.75, 3.05) is 44.0 Å². The minimum absolute atomic E-state index is 0.00533. The van der Waals surface area contributed by atoms with Crippen molar-refractivity contribution in [2.24, 2.45) is 0 Å². The number of nitrogens with zero attached hydrogens (tertiary/aromatic N) is 4. The number of fused-ring (bicyclic) bond motifs is 1. The normalized spacial score (nSPS) is 21.3. The summed E-state index contributed by atoms with van der Waals surface area (Å²) in [7, 11) is -0.291. The molecule has 1 aliphatic carbocycles.